The predicted octanol–water partition coefficient (Wildman–Crippen LogP) is 2.16. The van der Waals surface area contributed by atoms with Gasteiger partial charge in [0.15, 0.2) is 6.61 Å². The van der Waals surface area contributed by atoms with Crippen LogP contribution in [-0.4, -0.2) is 23.7 Å². The van der Waals surface area contributed by atoms with E-state index in [-0.39, 0.29) is 12.5 Å². The fourth-order valence-electron chi connectivity index (χ4n) is 1.64. The number of benzene rings is 1. The molecule has 5 heteroatoms. The van der Waals surface area contributed by atoms with Crippen LogP contribution in [-0.2, 0) is 4.79 Å². The molecule has 104 valence electrons. The smallest absolute Gasteiger partial charge is 0.277 e. The average molecular weight is 271 g/mol. The van der Waals surface area contributed by atoms with E-state index in [2.05, 4.69) is 15.5 Å². The van der Waals surface area contributed by atoms with Gasteiger partial charge in [0.1, 0.15) is 5.75 Å². The second-order valence-electron chi connectivity index (χ2n) is 4.48. The van der Waals surface area contributed by atoms with Gasteiger partial charge in [0.05, 0.1) is 11.9 Å². The zero-order chi connectivity index (χ0) is 14.4. The van der Waals surface area contributed by atoms with Gasteiger partial charge in [-0.1, -0.05) is 12.1 Å². The van der Waals surface area contributed by atoms with Crippen LogP contribution in [0, 0.1) is 13.8 Å². The Labute approximate surface area is 117 Å². The minimum absolute atomic E-state index is 0.0631. The van der Waals surface area contributed by atoms with Gasteiger partial charge in [-0.15, -0.1) is 0 Å². The summed E-state index contributed by atoms with van der Waals surface area (Å²) in [4.78, 5) is 14.5. The molecule has 1 amide bonds. The summed E-state index contributed by atoms with van der Waals surface area (Å²) in [5.74, 6) is 0.419. The zero-order valence-electron chi connectivity index (χ0n) is 11.5. The van der Waals surface area contributed by atoms with Gasteiger partial charge in [0.25, 0.3) is 5.91 Å². The van der Waals surface area contributed by atoms with Crippen LogP contribution >= 0.6 is 0 Å². The molecule has 1 heterocycles. The Morgan fingerprint density at radius 1 is 1.40 bits per heavy atom. The Hall–Kier alpha value is -2.56. The van der Waals surface area contributed by atoms with Crippen molar-refractivity contribution in [3.05, 3.63) is 53.3 Å². The highest BCUT2D eigenvalue weighted by atomic mass is 16.5. The minimum Gasteiger partial charge on any atom is -0.483 e. The lowest BCUT2D eigenvalue weighted by Crippen LogP contribution is -2.24. The molecule has 1 aromatic carbocycles. The van der Waals surface area contributed by atoms with E-state index in [1.54, 1.807) is 6.20 Å². The molecule has 0 radical (unpaired) electrons. The molecule has 2 rings (SSSR count). The van der Waals surface area contributed by atoms with E-state index in [4.69, 9.17) is 4.74 Å². The number of aromatic nitrogens is 1. The lowest BCUT2D eigenvalue weighted by atomic mass is 10.1. The number of carbonyl (C=O) groups excluding carboxylic acids is 1. The third-order valence-electron chi connectivity index (χ3n) is 2.72. The van der Waals surface area contributed by atoms with Crippen molar-refractivity contribution in [2.75, 3.05) is 6.61 Å². The van der Waals surface area contributed by atoms with Gasteiger partial charge >= 0.3 is 0 Å². The maximum Gasteiger partial charge on any atom is 0.277 e. The lowest BCUT2D eigenvalue weighted by molar-refractivity contribution is -0.123. The van der Waals surface area contributed by atoms with Crippen molar-refractivity contribution in [1.29, 1.82) is 0 Å². The summed E-state index contributed by atoms with van der Waals surface area (Å²) in [6.45, 7) is 3.86. The van der Waals surface area contributed by atoms with E-state index in [9.17, 15) is 4.79 Å². The molecule has 0 saturated heterocycles. The highest BCUT2D eigenvalue weighted by Gasteiger charge is 2.04. The molecule has 20 heavy (non-hydrogen) atoms. The van der Waals surface area contributed by atoms with Crippen molar-refractivity contribution in [3.8, 4) is 5.75 Å². The van der Waals surface area contributed by atoms with E-state index in [1.165, 1.54) is 6.21 Å². The lowest BCUT2D eigenvalue weighted by Gasteiger charge is -2.08. The summed E-state index contributed by atoms with van der Waals surface area (Å²) < 4.78 is 5.47. The first-order chi connectivity index (χ1) is 9.65. The van der Waals surface area contributed by atoms with Crippen LogP contribution in [0.2, 0.25) is 0 Å². The summed E-state index contributed by atoms with van der Waals surface area (Å²) in [6, 6.07) is 9.58. The number of nitrogens with one attached hydrogen (secondary N) is 2. The quantitative estimate of drug-likeness (QED) is 0.646. The number of aryl methyl sites for hydroxylation is 2. The summed E-state index contributed by atoms with van der Waals surface area (Å²) >= 11 is 0. The number of nitrogens with zero attached hydrogens (tertiary/aromatic N) is 1. The number of carbonyl (C=O) groups is 1. The van der Waals surface area contributed by atoms with Crippen molar-refractivity contribution in [3.63, 3.8) is 0 Å². The fourth-order valence-corrected chi connectivity index (χ4v) is 1.64. The molecule has 0 bridgehead atoms. The number of H-pyrrole nitrogens is 1. The van der Waals surface area contributed by atoms with Gasteiger partial charge in [0.2, 0.25) is 0 Å². The SMILES string of the molecule is Cc1ccc(C)c(OCC(=O)N/N=C\c2ccc[nH]2)c1. The van der Waals surface area contributed by atoms with Gasteiger partial charge in [-0.3, -0.25) is 4.79 Å². The number of rotatable bonds is 5. The van der Waals surface area contributed by atoms with E-state index in [0.717, 1.165) is 16.8 Å². The topological polar surface area (TPSA) is 66.5 Å². The van der Waals surface area contributed by atoms with Crippen LogP contribution in [0.15, 0.2) is 41.6 Å². The molecule has 0 unspecified atom stereocenters. The van der Waals surface area contributed by atoms with Gasteiger partial charge < -0.3 is 9.72 Å². The van der Waals surface area contributed by atoms with E-state index in [0.29, 0.717) is 5.75 Å². The van der Waals surface area contributed by atoms with Crippen molar-refractivity contribution >= 4 is 12.1 Å². The average Bonchev–Trinajstić information content (AvgIpc) is 2.93. The molecule has 2 N–H and O–H groups in total. The van der Waals surface area contributed by atoms with E-state index in [1.807, 2.05) is 44.2 Å². The van der Waals surface area contributed by atoms with Crippen molar-refractivity contribution in [2.45, 2.75) is 13.8 Å². The number of aromatic amines is 1. The normalized spacial score (nSPS) is 10.7. The summed E-state index contributed by atoms with van der Waals surface area (Å²) in [5, 5.41) is 3.83. The fraction of sp³-hybridized carbons (Fsp3) is 0.200. The molecule has 0 aliphatic carbocycles. The highest BCUT2D eigenvalue weighted by Crippen LogP contribution is 2.18. The zero-order valence-corrected chi connectivity index (χ0v) is 11.5. The molecule has 0 aliphatic heterocycles. The standard InChI is InChI=1S/C15H17N3O2/c1-11-5-6-12(2)14(8-11)20-10-15(19)18-17-9-13-4-3-7-16-13/h3-9,16H,10H2,1-2H3,(H,18,19)/b17-9-. The molecular formula is C15H17N3O2. The molecular weight excluding hydrogens is 254 g/mol. The van der Waals surface area contributed by atoms with Gasteiger partial charge in [-0.05, 0) is 43.2 Å². The Kier molecular flexibility index (Phi) is 4.55. The monoisotopic (exact) mass is 271 g/mol. The van der Waals surface area contributed by atoms with Crippen LogP contribution < -0.4 is 10.2 Å². The summed E-state index contributed by atoms with van der Waals surface area (Å²) in [7, 11) is 0. The number of ether oxygens (including phenoxy) is 1. The van der Waals surface area contributed by atoms with Crippen molar-refractivity contribution in [1.82, 2.24) is 10.4 Å². The molecule has 5 nitrogen and oxygen atoms in total. The van der Waals surface area contributed by atoms with E-state index < -0.39 is 0 Å². The highest BCUT2D eigenvalue weighted by molar-refractivity contribution is 5.81. The molecule has 0 atom stereocenters. The van der Waals surface area contributed by atoms with Crippen LogP contribution in [0.1, 0.15) is 16.8 Å². The van der Waals surface area contributed by atoms with Crippen LogP contribution in [0.25, 0.3) is 0 Å². The van der Waals surface area contributed by atoms with Crippen molar-refractivity contribution in [2.24, 2.45) is 5.10 Å². The Balaban J connectivity index is 1.82. The molecule has 0 aliphatic rings. The predicted molar refractivity (Wildman–Crippen MR) is 77.9 cm³/mol. The van der Waals surface area contributed by atoms with Gasteiger partial charge in [-0.25, -0.2) is 5.43 Å². The third-order valence-corrected chi connectivity index (χ3v) is 2.72. The Morgan fingerprint density at radius 3 is 3.00 bits per heavy atom. The number of hydrogen-bond acceptors (Lipinski definition) is 3. The van der Waals surface area contributed by atoms with Crippen LogP contribution in [0.4, 0.5) is 0 Å². The summed E-state index contributed by atoms with van der Waals surface area (Å²) in [6.07, 6.45) is 3.32. The number of hydrazone groups is 1. The Bertz CT molecular complexity index is 604. The van der Waals surface area contributed by atoms with Crippen LogP contribution in [0.3, 0.4) is 0 Å². The molecule has 2 aromatic rings. The van der Waals surface area contributed by atoms with E-state index >= 15 is 0 Å². The number of hydrogen-bond donors (Lipinski definition) is 2. The molecule has 1 aromatic heterocycles. The molecule has 0 spiro atoms. The maximum absolute atomic E-state index is 11.6. The van der Waals surface area contributed by atoms with Crippen LogP contribution in [0.5, 0.6) is 5.75 Å². The van der Waals surface area contributed by atoms with Gasteiger partial charge in [0, 0.05) is 6.20 Å². The first-order valence-electron chi connectivity index (χ1n) is 6.30. The second kappa shape index (κ2) is 6.56. The maximum atomic E-state index is 11.6. The molecule has 0 saturated carbocycles. The first-order valence-corrected chi connectivity index (χ1v) is 6.30. The van der Waals surface area contributed by atoms with Crippen molar-refractivity contribution < 1.29 is 9.53 Å². The summed E-state index contributed by atoms with van der Waals surface area (Å²) in [5.41, 5.74) is 5.32. The van der Waals surface area contributed by atoms with Gasteiger partial charge in [-0.2, -0.15) is 5.10 Å². The molecule has 0 fully saturated rings. The number of amides is 1. The Morgan fingerprint density at radius 2 is 2.25 bits per heavy atom. The minimum atomic E-state index is -0.297. The third kappa shape index (κ3) is 3.98. The second-order valence-corrected chi connectivity index (χ2v) is 4.48. The largest absolute Gasteiger partial charge is 0.483 e. The first kappa shape index (κ1) is 13.9.